The van der Waals surface area contributed by atoms with Crippen LogP contribution in [0.25, 0.3) is 0 Å². The molecule has 0 aliphatic rings. The van der Waals surface area contributed by atoms with E-state index in [2.05, 4.69) is 10.3 Å². The molecule has 1 aromatic heterocycles. The molecule has 0 unspecified atom stereocenters. The Morgan fingerprint density at radius 3 is 2.68 bits per heavy atom. The van der Waals surface area contributed by atoms with Crippen molar-refractivity contribution >= 4 is 17.6 Å². The van der Waals surface area contributed by atoms with Gasteiger partial charge in [0.05, 0.1) is 5.69 Å². The molecule has 1 aromatic carbocycles. The molecule has 0 fully saturated rings. The summed E-state index contributed by atoms with van der Waals surface area (Å²) >= 11 is 0. The number of pyridine rings is 1. The summed E-state index contributed by atoms with van der Waals surface area (Å²) in [5.74, 6) is -3.06. The Hall–Kier alpha value is -3.54. The van der Waals surface area contributed by atoms with E-state index in [1.165, 1.54) is 0 Å². The monoisotopic (exact) mass is 389 g/mol. The Kier molecular flexibility index (Phi) is 6.60. The third-order valence-electron chi connectivity index (χ3n) is 4.07. The predicted octanol–water partition coefficient (Wildman–Crippen LogP) is 2.26. The van der Waals surface area contributed by atoms with Crippen LogP contribution in [-0.4, -0.2) is 23.5 Å². The number of benzene rings is 1. The van der Waals surface area contributed by atoms with Crippen molar-refractivity contribution in [2.24, 2.45) is 0 Å². The highest BCUT2D eigenvalue weighted by Gasteiger charge is 2.15. The molecule has 0 aliphatic carbocycles. The minimum atomic E-state index is -0.821. The van der Waals surface area contributed by atoms with E-state index in [4.69, 9.17) is 10.00 Å². The average Bonchev–Trinajstić information content (AvgIpc) is 2.63. The first-order valence-electron chi connectivity index (χ1n) is 8.26. The highest BCUT2D eigenvalue weighted by atomic mass is 19.1. The summed E-state index contributed by atoms with van der Waals surface area (Å²) in [5, 5.41) is 11.2. The van der Waals surface area contributed by atoms with Gasteiger partial charge in [-0.3, -0.25) is 14.4 Å². The van der Waals surface area contributed by atoms with Crippen molar-refractivity contribution in [3.05, 3.63) is 62.6 Å². The number of nitriles is 1. The number of aromatic nitrogens is 1. The van der Waals surface area contributed by atoms with Crippen molar-refractivity contribution in [1.29, 1.82) is 5.26 Å². The van der Waals surface area contributed by atoms with E-state index in [0.29, 0.717) is 16.8 Å². The predicted molar refractivity (Wildman–Crippen MR) is 95.5 cm³/mol. The van der Waals surface area contributed by atoms with E-state index >= 15 is 0 Å². The molecule has 0 saturated carbocycles. The largest absolute Gasteiger partial charge is 0.456 e. The summed E-state index contributed by atoms with van der Waals surface area (Å²) in [4.78, 5) is 37.8. The fraction of sp³-hybridized carbons (Fsp3) is 0.263. The van der Waals surface area contributed by atoms with E-state index in [9.17, 15) is 23.2 Å². The Bertz CT molecular complexity index is 1030. The van der Waals surface area contributed by atoms with E-state index in [0.717, 1.165) is 18.2 Å². The number of aromatic amines is 1. The maximum absolute atomic E-state index is 13.5. The van der Waals surface area contributed by atoms with Gasteiger partial charge in [-0.25, -0.2) is 8.78 Å². The maximum Gasteiger partial charge on any atom is 0.306 e. The smallest absolute Gasteiger partial charge is 0.306 e. The number of amides is 1. The summed E-state index contributed by atoms with van der Waals surface area (Å²) in [6, 6.07) is 4.40. The third kappa shape index (κ3) is 5.01. The molecule has 0 atom stereocenters. The first kappa shape index (κ1) is 20.8. The van der Waals surface area contributed by atoms with Crippen LogP contribution in [0.4, 0.5) is 14.5 Å². The quantitative estimate of drug-likeness (QED) is 0.736. The number of H-pyrrole nitrogens is 1. The number of rotatable bonds is 6. The van der Waals surface area contributed by atoms with Gasteiger partial charge in [0.25, 0.3) is 11.5 Å². The van der Waals surface area contributed by atoms with Crippen LogP contribution in [0.5, 0.6) is 0 Å². The highest BCUT2D eigenvalue weighted by molar-refractivity contribution is 5.92. The number of halogens is 2. The number of ether oxygens (including phenoxy) is 1. The lowest BCUT2D eigenvalue weighted by Gasteiger charge is -2.11. The molecule has 0 bridgehead atoms. The minimum absolute atomic E-state index is 0.0227. The molecular weight excluding hydrogens is 372 g/mol. The maximum atomic E-state index is 13.5. The fourth-order valence-electron chi connectivity index (χ4n) is 2.65. The average molecular weight is 389 g/mol. The van der Waals surface area contributed by atoms with Crippen molar-refractivity contribution in [2.75, 3.05) is 11.9 Å². The Labute approximate surface area is 158 Å². The van der Waals surface area contributed by atoms with Gasteiger partial charge < -0.3 is 15.0 Å². The lowest BCUT2D eigenvalue weighted by molar-refractivity contribution is -0.147. The molecule has 0 spiro atoms. The van der Waals surface area contributed by atoms with Gasteiger partial charge in [-0.2, -0.15) is 5.26 Å². The van der Waals surface area contributed by atoms with Gasteiger partial charge in [0.2, 0.25) is 0 Å². The van der Waals surface area contributed by atoms with E-state index in [-0.39, 0.29) is 24.1 Å². The highest BCUT2D eigenvalue weighted by Crippen LogP contribution is 2.16. The minimum Gasteiger partial charge on any atom is -0.456 e. The van der Waals surface area contributed by atoms with Crippen molar-refractivity contribution in [2.45, 2.75) is 26.7 Å². The number of nitrogens with zero attached hydrogens (tertiary/aromatic N) is 1. The van der Waals surface area contributed by atoms with Crippen LogP contribution in [0.1, 0.15) is 28.8 Å². The van der Waals surface area contributed by atoms with Crippen LogP contribution < -0.4 is 10.9 Å². The molecule has 0 radical (unpaired) electrons. The molecule has 28 heavy (non-hydrogen) atoms. The van der Waals surface area contributed by atoms with Crippen molar-refractivity contribution in [3.63, 3.8) is 0 Å². The van der Waals surface area contributed by atoms with Crippen LogP contribution >= 0.6 is 0 Å². The van der Waals surface area contributed by atoms with Crippen molar-refractivity contribution in [3.8, 4) is 6.07 Å². The number of carbonyl (C=O) groups excluding carboxylic acids is 2. The number of hydrogen-bond donors (Lipinski definition) is 2. The fourth-order valence-corrected chi connectivity index (χ4v) is 2.65. The lowest BCUT2D eigenvalue weighted by Crippen LogP contribution is -2.22. The zero-order valence-corrected chi connectivity index (χ0v) is 15.2. The zero-order chi connectivity index (χ0) is 20.8. The van der Waals surface area contributed by atoms with Crippen LogP contribution in [0.15, 0.2) is 23.0 Å². The Morgan fingerprint density at radius 1 is 1.29 bits per heavy atom. The third-order valence-corrected chi connectivity index (χ3v) is 4.07. The van der Waals surface area contributed by atoms with E-state index in [1.807, 2.05) is 6.07 Å². The van der Waals surface area contributed by atoms with Crippen LogP contribution in [0.2, 0.25) is 0 Å². The molecule has 7 nitrogen and oxygen atoms in total. The molecule has 146 valence electrons. The van der Waals surface area contributed by atoms with Gasteiger partial charge in [0.1, 0.15) is 23.3 Å². The lowest BCUT2D eigenvalue weighted by atomic mass is 9.99. The molecule has 2 rings (SSSR count). The zero-order valence-electron chi connectivity index (χ0n) is 15.2. The van der Waals surface area contributed by atoms with Gasteiger partial charge in [-0.15, -0.1) is 0 Å². The van der Waals surface area contributed by atoms with Crippen molar-refractivity contribution in [1.82, 2.24) is 4.98 Å². The van der Waals surface area contributed by atoms with Crippen LogP contribution in [0, 0.1) is 36.8 Å². The second-order valence-corrected chi connectivity index (χ2v) is 6.00. The van der Waals surface area contributed by atoms with Gasteiger partial charge in [-0.05, 0) is 43.5 Å². The standard InChI is InChI=1S/C19H17F2N3O4/c1-10-13(11(2)23-19(27)14(10)8-22)4-6-18(26)28-9-17(25)24-16-7-12(20)3-5-15(16)21/h3,5,7H,4,6,9H2,1-2H3,(H,23,27)(H,24,25). The molecule has 2 N–H and O–H groups in total. The molecule has 1 amide bonds. The van der Waals surface area contributed by atoms with Gasteiger partial charge in [0, 0.05) is 18.2 Å². The molecule has 1 heterocycles. The summed E-state index contributed by atoms with van der Waals surface area (Å²) in [6.45, 7) is 2.60. The second kappa shape index (κ2) is 8.90. The number of aryl methyl sites for hydroxylation is 1. The van der Waals surface area contributed by atoms with Gasteiger partial charge >= 0.3 is 5.97 Å². The number of esters is 1. The van der Waals surface area contributed by atoms with Gasteiger partial charge in [0.15, 0.2) is 6.61 Å². The summed E-state index contributed by atoms with van der Waals surface area (Å²) in [7, 11) is 0. The van der Waals surface area contributed by atoms with Gasteiger partial charge in [-0.1, -0.05) is 0 Å². The topological polar surface area (TPSA) is 112 Å². The summed E-state index contributed by atoms with van der Waals surface area (Å²) in [5.41, 5.74) is 0.781. The molecule has 0 saturated heterocycles. The second-order valence-electron chi connectivity index (χ2n) is 6.00. The first-order chi connectivity index (χ1) is 13.2. The number of hydrogen-bond acceptors (Lipinski definition) is 5. The molecule has 9 heteroatoms. The number of carbonyl (C=O) groups is 2. The van der Waals surface area contributed by atoms with Crippen LogP contribution in [0.3, 0.4) is 0 Å². The summed E-state index contributed by atoms with van der Waals surface area (Å²) in [6.07, 6.45) is 0.0995. The summed E-state index contributed by atoms with van der Waals surface area (Å²) < 4.78 is 31.4. The molecule has 0 aliphatic heterocycles. The van der Waals surface area contributed by atoms with E-state index in [1.54, 1.807) is 13.8 Å². The Morgan fingerprint density at radius 2 is 2.00 bits per heavy atom. The van der Waals surface area contributed by atoms with Crippen molar-refractivity contribution < 1.29 is 23.1 Å². The number of anilines is 1. The molecule has 2 aromatic rings. The molecular formula is C19H17F2N3O4. The normalized spacial score (nSPS) is 10.2. The Balaban J connectivity index is 1.92. The SMILES string of the molecule is Cc1[nH]c(=O)c(C#N)c(C)c1CCC(=O)OCC(=O)Nc1cc(F)ccc1F. The van der Waals surface area contributed by atoms with Crippen LogP contribution in [-0.2, 0) is 20.7 Å². The van der Waals surface area contributed by atoms with E-state index < -0.39 is 35.7 Å². The first-order valence-corrected chi connectivity index (χ1v) is 8.26. The number of nitrogens with one attached hydrogen (secondary N) is 2.